The monoisotopic (exact) mass is 286 g/mol. The van der Waals surface area contributed by atoms with Crippen molar-refractivity contribution in [3.8, 4) is 6.07 Å². The van der Waals surface area contributed by atoms with Crippen LogP contribution >= 0.6 is 0 Å². The van der Waals surface area contributed by atoms with Gasteiger partial charge in [0.25, 0.3) is 0 Å². The Morgan fingerprint density at radius 2 is 2.10 bits per heavy atom. The highest BCUT2D eigenvalue weighted by Crippen LogP contribution is 2.32. The third-order valence-corrected chi connectivity index (χ3v) is 3.27. The minimum Gasteiger partial charge on any atom is -0.396 e. The Hall–Kier alpha value is -1.78. The van der Waals surface area contributed by atoms with Gasteiger partial charge < -0.3 is 15.2 Å². The molecule has 0 spiro atoms. The van der Waals surface area contributed by atoms with E-state index in [0.29, 0.717) is 25.4 Å². The van der Waals surface area contributed by atoms with E-state index in [9.17, 15) is 18.3 Å². The van der Waals surface area contributed by atoms with E-state index < -0.39 is 17.2 Å². The molecule has 1 saturated heterocycles. The number of halogens is 3. The number of nitrogens with one attached hydrogen (secondary N) is 1. The van der Waals surface area contributed by atoms with E-state index in [0.717, 1.165) is 12.1 Å². The molecule has 1 fully saturated rings. The summed E-state index contributed by atoms with van der Waals surface area (Å²) in [6, 6.07) is 4.70. The molecule has 7 heteroatoms. The fourth-order valence-electron chi connectivity index (χ4n) is 1.89. The van der Waals surface area contributed by atoms with Crippen molar-refractivity contribution >= 4 is 5.69 Å². The number of nitrogens with zero attached hydrogens (tertiary/aromatic N) is 1. The van der Waals surface area contributed by atoms with Crippen molar-refractivity contribution < 1.29 is 23.0 Å². The Labute approximate surface area is 113 Å². The van der Waals surface area contributed by atoms with Gasteiger partial charge in [-0.05, 0) is 18.2 Å². The maximum atomic E-state index is 12.5. The van der Waals surface area contributed by atoms with E-state index in [2.05, 4.69) is 5.32 Å². The van der Waals surface area contributed by atoms with Gasteiger partial charge in [0.2, 0.25) is 0 Å². The zero-order valence-corrected chi connectivity index (χ0v) is 10.5. The number of alkyl halides is 3. The first-order chi connectivity index (χ1) is 9.40. The van der Waals surface area contributed by atoms with Crippen molar-refractivity contribution in [3.05, 3.63) is 29.3 Å². The lowest BCUT2D eigenvalue weighted by atomic mass is 9.87. The number of hydrogen-bond donors (Lipinski definition) is 2. The Morgan fingerprint density at radius 3 is 2.55 bits per heavy atom. The van der Waals surface area contributed by atoms with E-state index in [1.54, 1.807) is 6.07 Å². The number of anilines is 1. The summed E-state index contributed by atoms with van der Waals surface area (Å²) in [6.07, 6.45) is -4.47. The molecule has 1 aromatic rings. The molecule has 0 aromatic heterocycles. The molecule has 0 atom stereocenters. The van der Waals surface area contributed by atoms with Gasteiger partial charge in [0.1, 0.15) is 6.07 Å². The van der Waals surface area contributed by atoms with E-state index in [1.807, 2.05) is 0 Å². The molecule has 2 rings (SSSR count). The van der Waals surface area contributed by atoms with Crippen LogP contribution in [0.25, 0.3) is 0 Å². The number of aliphatic hydroxyl groups excluding tert-OH is 1. The molecule has 108 valence electrons. The van der Waals surface area contributed by atoms with Gasteiger partial charge in [0.05, 0.1) is 42.0 Å². The second-order valence-corrected chi connectivity index (χ2v) is 4.87. The Morgan fingerprint density at radius 1 is 1.40 bits per heavy atom. The highest BCUT2D eigenvalue weighted by Gasteiger charge is 2.38. The van der Waals surface area contributed by atoms with Crippen LogP contribution in [0.5, 0.6) is 0 Å². The number of aliphatic hydroxyl groups is 1. The van der Waals surface area contributed by atoms with Crippen LogP contribution in [-0.4, -0.2) is 31.5 Å². The Kier molecular flexibility index (Phi) is 3.88. The normalized spacial score (nSPS) is 17.1. The molecular formula is C13H13F3N2O2. The summed E-state index contributed by atoms with van der Waals surface area (Å²) in [5.74, 6) is 0. The topological polar surface area (TPSA) is 65.3 Å². The largest absolute Gasteiger partial charge is 0.416 e. The molecule has 0 saturated carbocycles. The quantitative estimate of drug-likeness (QED) is 0.888. The SMILES string of the molecule is N#Cc1cc(C(F)(F)F)ccc1NCC1(CO)COC1. The smallest absolute Gasteiger partial charge is 0.396 e. The Bertz CT molecular complexity index is 528. The molecule has 0 unspecified atom stereocenters. The number of ether oxygens (including phenoxy) is 1. The summed E-state index contributed by atoms with van der Waals surface area (Å²) in [4.78, 5) is 0. The van der Waals surface area contributed by atoms with Crippen LogP contribution in [0.4, 0.5) is 18.9 Å². The molecule has 4 nitrogen and oxygen atoms in total. The first kappa shape index (κ1) is 14.6. The van der Waals surface area contributed by atoms with E-state index in [4.69, 9.17) is 10.00 Å². The van der Waals surface area contributed by atoms with Crippen LogP contribution in [0.15, 0.2) is 18.2 Å². The Balaban J connectivity index is 2.14. The van der Waals surface area contributed by atoms with Crippen molar-refractivity contribution in [1.29, 1.82) is 5.26 Å². The molecule has 0 amide bonds. The first-order valence-electron chi connectivity index (χ1n) is 5.94. The molecule has 1 heterocycles. The molecular weight excluding hydrogens is 273 g/mol. The lowest BCUT2D eigenvalue weighted by Gasteiger charge is -2.40. The summed E-state index contributed by atoms with van der Waals surface area (Å²) in [7, 11) is 0. The van der Waals surface area contributed by atoms with Gasteiger partial charge >= 0.3 is 6.18 Å². The summed E-state index contributed by atoms with van der Waals surface area (Å²) in [5.41, 5.74) is -1.04. The van der Waals surface area contributed by atoms with Crippen molar-refractivity contribution in [2.45, 2.75) is 6.18 Å². The average Bonchev–Trinajstić information content (AvgIpc) is 2.37. The van der Waals surface area contributed by atoms with Crippen molar-refractivity contribution in [2.75, 3.05) is 31.7 Å². The van der Waals surface area contributed by atoms with E-state index >= 15 is 0 Å². The van der Waals surface area contributed by atoms with Gasteiger partial charge in [-0.15, -0.1) is 0 Å². The van der Waals surface area contributed by atoms with Crippen LogP contribution in [0.3, 0.4) is 0 Å². The predicted molar refractivity (Wildman–Crippen MR) is 65.0 cm³/mol. The molecule has 0 radical (unpaired) electrons. The van der Waals surface area contributed by atoms with Gasteiger partial charge in [-0.2, -0.15) is 18.4 Å². The van der Waals surface area contributed by atoms with Crippen molar-refractivity contribution in [1.82, 2.24) is 0 Å². The molecule has 2 N–H and O–H groups in total. The number of benzene rings is 1. The fourth-order valence-corrected chi connectivity index (χ4v) is 1.89. The molecule has 1 aliphatic rings. The lowest BCUT2D eigenvalue weighted by Crippen LogP contribution is -2.50. The second-order valence-electron chi connectivity index (χ2n) is 4.87. The van der Waals surface area contributed by atoms with Gasteiger partial charge in [-0.25, -0.2) is 0 Å². The lowest BCUT2D eigenvalue weighted by molar-refractivity contribution is -0.137. The average molecular weight is 286 g/mol. The highest BCUT2D eigenvalue weighted by molar-refractivity contribution is 5.59. The molecule has 1 aromatic carbocycles. The minimum atomic E-state index is -4.47. The van der Waals surface area contributed by atoms with Crippen LogP contribution in [0.2, 0.25) is 0 Å². The standard InChI is InChI=1S/C13H13F3N2O2/c14-13(15,16)10-1-2-11(9(3-10)4-17)18-5-12(6-19)7-20-8-12/h1-3,18-19H,5-8H2. The first-order valence-corrected chi connectivity index (χ1v) is 5.94. The molecule has 20 heavy (non-hydrogen) atoms. The molecule has 0 bridgehead atoms. The van der Waals surface area contributed by atoms with Crippen LogP contribution < -0.4 is 5.32 Å². The highest BCUT2D eigenvalue weighted by atomic mass is 19.4. The van der Waals surface area contributed by atoms with E-state index in [-0.39, 0.29) is 12.2 Å². The zero-order valence-electron chi connectivity index (χ0n) is 10.5. The number of rotatable bonds is 4. The summed E-state index contributed by atoms with van der Waals surface area (Å²) in [6.45, 7) is 1.03. The van der Waals surface area contributed by atoms with Gasteiger partial charge in [0.15, 0.2) is 0 Å². The predicted octanol–water partition coefficient (Wildman–Crippen LogP) is 2.00. The fraction of sp³-hybridized carbons (Fsp3) is 0.462. The maximum absolute atomic E-state index is 12.5. The zero-order chi connectivity index (χ0) is 14.8. The third-order valence-electron chi connectivity index (χ3n) is 3.27. The maximum Gasteiger partial charge on any atom is 0.416 e. The van der Waals surface area contributed by atoms with Crippen LogP contribution in [0.1, 0.15) is 11.1 Å². The van der Waals surface area contributed by atoms with Crippen molar-refractivity contribution in [2.24, 2.45) is 5.41 Å². The van der Waals surface area contributed by atoms with Gasteiger partial charge in [-0.3, -0.25) is 0 Å². The van der Waals surface area contributed by atoms with Crippen LogP contribution in [0, 0.1) is 16.7 Å². The number of nitriles is 1. The van der Waals surface area contributed by atoms with Crippen LogP contribution in [-0.2, 0) is 10.9 Å². The molecule has 1 aliphatic heterocycles. The summed E-state index contributed by atoms with van der Waals surface area (Å²) < 4.78 is 42.7. The summed E-state index contributed by atoms with van der Waals surface area (Å²) in [5, 5.41) is 21.1. The second kappa shape index (κ2) is 5.31. The van der Waals surface area contributed by atoms with E-state index in [1.165, 1.54) is 6.07 Å². The van der Waals surface area contributed by atoms with Gasteiger partial charge in [-0.1, -0.05) is 0 Å². The number of hydrogen-bond acceptors (Lipinski definition) is 4. The minimum absolute atomic E-state index is 0.0758. The third kappa shape index (κ3) is 2.86. The van der Waals surface area contributed by atoms with Gasteiger partial charge in [0, 0.05) is 6.54 Å². The summed E-state index contributed by atoms with van der Waals surface area (Å²) >= 11 is 0. The molecule has 0 aliphatic carbocycles. The van der Waals surface area contributed by atoms with Crippen molar-refractivity contribution in [3.63, 3.8) is 0 Å².